The smallest absolute Gasteiger partial charge is 0.336 e. The lowest BCUT2D eigenvalue weighted by molar-refractivity contribution is 0.0696. The lowest BCUT2D eigenvalue weighted by Crippen LogP contribution is -2.39. The van der Waals surface area contributed by atoms with Crippen molar-refractivity contribution in [3.63, 3.8) is 0 Å². The van der Waals surface area contributed by atoms with Crippen LogP contribution in [0.2, 0.25) is 0 Å². The van der Waals surface area contributed by atoms with Crippen LogP contribution in [0, 0.1) is 6.92 Å². The Kier molecular flexibility index (Phi) is 6.64. The molecule has 1 aromatic rings. The van der Waals surface area contributed by atoms with Crippen LogP contribution >= 0.6 is 0 Å². The maximum absolute atomic E-state index is 12.1. The van der Waals surface area contributed by atoms with E-state index in [4.69, 9.17) is 14.9 Å². The van der Waals surface area contributed by atoms with Crippen LogP contribution in [0.4, 0.5) is 10.5 Å². The second kappa shape index (κ2) is 8.23. The summed E-state index contributed by atoms with van der Waals surface area (Å²) in [7, 11) is 1.52. The molecule has 0 fully saturated rings. The monoisotopic (exact) mass is 296 g/mol. The average Bonchev–Trinajstić information content (AvgIpc) is 2.45. The summed E-state index contributed by atoms with van der Waals surface area (Å²) in [5, 5.41) is 20.7. The number of methoxy groups -OCH3 is 1. The van der Waals surface area contributed by atoms with Gasteiger partial charge in [0.25, 0.3) is 0 Å². The molecule has 3 N–H and O–H groups in total. The van der Waals surface area contributed by atoms with E-state index in [1.54, 1.807) is 19.1 Å². The third-order valence-corrected chi connectivity index (χ3v) is 3.03. The molecule has 7 nitrogen and oxygen atoms in total. The Labute approximate surface area is 123 Å². The van der Waals surface area contributed by atoms with Crippen molar-refractivity contribution in [2.45, 2.75) is 6.92 Å². The molecule has 116 valence electrons. The molecule has 0 unspecified atom stereocenters. The Morgan fingerprint density at radius 3 is 2.62 bits per heavy atom. The number of hydrogen-bond donors (Lipinski definition) is 3. The van der Waals surface area contributed by atoms with Crippen LogP contribution in [0.15, 0.2) is 18.2 Å². The van der Waals surface area contributed by atoms with Crippen molar-refractivity contribution < 1.29 is 24.5 Å². The van der Waals surface area contributed by atoms with E-state index in [0.29, 0.717) is 24.4 Å². The number of hydrogen-bond acceptors (Lipinski definition) is 4. The van der Waals surface area contributed by atoms with Gasteiger partial charge in [-0.15, -0.1) is 0 Å². The number of carbonyl (C=O) groups is 2. The molecule has 7 heteroatoms. The molecule has 0 aromatic heterocycles. The number of carboxylic acid groups (broad SMARTS) is 1. The summed E-state index contributed by atoms with van der Waals surface area (Å²) in [6.07, 6.45) is 0. The molecular weight excluding hydrogens is 276 g/mol. The van der Waals surface area contributed by atoms with Gasteiger partial charge in [-0.2, -0.15) is 0 Å². The zero-order valence-electron chi connectivity index (χ0n) is 12.1. The maximum atomic E-state index is 12.1. The lowest BCUT2D eigenvalue weighted by Gasteiger charge is -2.22. The minimum Gasteiger partial charge on any atom is -0.478 e. The molecule has 0 saturated heterocycles. The number of anilines is 1. The van der Waals surface area contributed by atoms with Crippen LogP contribution < -0.4 is 5.32 Å². The van der Waals surface area contributed by atoms with Gasteiger partial charge in [-0.1, -0.05) is 6.07 Å². The molecular formula is C14H20N2O5. The van der Waals surface area contributed by atoms with Gasteiger partial charge in [-0.3, -0.25) is 0 Å². The average molecular weight is 296 g/mol. The Balaban J connectivity index is 2.85. The van der Waals surface area contributed by atoms with E-state index >= 15 is 0 Å². The maximum Gasteiger partial charge on any atom is 0.336 e. The molecule has 0 saturated carbocycles. The van der Waals surface area contributed by atoms with Crippen molar-refractivity contribution in [3.05, 3.63) is 29.3 Å². The van der Waals surface area contributed by atoms with E-state index in [1.807, 2.05) is 0 Å². The summed E-state index contributed by atoms with van der Waals surface area (Å²) < 4.78 is 4.91. The number of carbonyl (C=O) groups excluding carboxylic acids is 1. The van der Waals surface area contributed by atoms with Crippen molar-refractivity contribution >= 4 is 17.7 Å². The SMILES string of the molecule is COCCN(CCO)C(=O)Nc1cccc(C(=O)O)c1C. The van der Waals surface area contributed by atoms with Gasteiger partial charge < -0.3 is 25.2 Å². The number of amides is 2. The van der Waals surface area contributed by atoms with Gasteiger partial charge in [-0.25, -0.2) is 9.59 Å². The molecule has 0 aliphatic heterocycles. The van der Waals surface area contributed by atoms with E-state index in [1.165, 1.54) is 18.1 Å². The molecule has 0 heterocycles. The van der Waals surface area contributed by atoms with Crippen LogP contribution in [0.3, 0.4) is 0 Å². The number of aliphatic hydroxyl groups is 1. The molecule has 1 rings (SSSR count). The Morgan fingerprint density at radius 1 is 1.33 bits per heavy atom. The van der Waals surface area contributed by atoms with Gasteiger partial charge in [0.1, 0.15) is 0 Å². The largest absolute Gasteiger partial charge is 0.478 e. The summed E-state index contributed by atoms with van der Waals surface area (Å²) in [6, 6.07) is 4.26. The summed E-state index contributed by atoms with van der Waals surface area (Å²) in [5.74, 6) is -1.05. The second-order valence-electron chi connectivity index (χ2n) is 4.42. The fraction of sp³-hybridized carbons (Fsp3) is 0.429. The number of urea groups is 1. The third-order valence-electron chi connectivity index (χ3n) is 3.03. The molecule has 0 aliphatic rings. The molecule has 21 heavy (non-hydrogen) atoms. The first-order chi connectivity index (χ1) is 10.0. The summed E-state index contributed by atoms with van der Waals surface area (Å²) in [4.78, 5) is 24.6. The second-order valence-corrected chi connectivity index (χ2v) is 4.42. The normalized spacial score (nSPS) is 10.2. The van der Waals surface area contributed by atoms with Crippen LogP contribution in [0.1, 0.15) is 15.9 Å². The van der Waals surface area contributed by atoms with Gasteiger partial charge in [0.2, 0.25) is 0 Å². The summed E-state index contributed by atoms with van der Waals surface area (Å²) in [6.45, 7) is 2.32. The molecule has 0 aliphatic carbocycles. The van der Waals surface area contributed by atoms with Crippen LogP contribution in [0.5, 0.6) is 0 Å². The van der Waals surface area contributed by atoms with Crippen molar-refractivity contribution in [3.8, 4) is 0 Å². The molecule has 0 radical (unpaired) electrons. The van der Waals surface area contributed by atoms with E-state index in [2.05, 4.69) is 5.32 Å². The first kappa shape index (κ1) is 16.9. The highest BCUT2D eigenvalue weighted by molar-refractivity contribution is 5.95. The van der Waals surface area contributed by atoms with Crippen LogP contribution in [0.25, 0.3) is 0 Å². The van der Waals surface area contributed by atoms with Gasteiger partial charge in [0, 0.05) is 25.9 Å². The van der Waals surface area contributed by atoms with Crippen molar-refractivity contribution in [2.24, 2.45) is 0 Å². The van der Waals surface area contributed by atoms with Gasteiger partial charge in [0.05, 0.1) is 18.8 Å². The molecule has 2 amide bonds. The lowest BCUT2D eigenvalue weighted by atomic mass is 10.1. The van der Waals surface area contributed by atoms with E-state index < -0.39 is 12.0 Å². The summed E-state index contributed by atoms with van der Waals surface area (Å²) >= 11 is 0. The topological polar surface area (TPSA) is 99.1 Å². The van der Waals surface area contributed by atoms with Crippen molar-refractivity contribution in [1.29, 1.82) is 0 Å². The zero-order valence-corrected chi connectivity index (χ0v) is 12.1. The predicted molar refractivity (Wildman–Crippen MR) is 77.7 cm³/mol. The number of aliphatic hydroxyl groups excluding tert-OH is 1. The van der Waals surface area contributed by atoms with Crippen molar-refractivity contribution in [2.75, 3.05) is 38.7 Å². The number of aromatic carboxylic acids is 1. The van der Waals surface area contributed by atoms with E-state index in [-0.39, 0.29) is 18.7 Å². The number of nitrogens with zero attached hydrogens (tertiary/aromatic N) is 1. The first-order valence-electron chi connectivity index (χ1n) is 6.50. The highest BCUT2D eigenvalue weighted by atomic mass is 16.5. The highest BCUT2D eigenvalue weighted by Gasteiger charge is 2.16. The fourth-order valence-corrected chi connectivity index (χ4v) is 1.83. The minimum atomic E-state index is -1.05. The van der Waals surface area contributed by atoms with E-state index in [9.17, 15) is 9.59 Å². The molecule has 1 aromatic carbocycles. The quantitative estimate of drug-likeness (QED) is 0.701. The predicted octanol–water partition coefficient (Wildman–Crippen LogP) is 1.17. The summed E-state index contributed by atoms with van der Waals surface area (Å²) in [5.41, 5.74) is 1.05. The van der Waals surface area contributed by atoms with Crippen LogP contribution in [-0.4, -0.2) is 60.5 Å². The first-order valence-corrected chi connectivity index (χ1v) is 6.50. The fourth-order valence-electron chi connectivity index (χ4n) is 1.83. The number of rotatable bonds is 7. The third kappa shape index (κ3) is 4.73. The number of carboxylic acids is 1. The molecule has 0 spiro atoms. The number of benzene rings is 1. The van der Waals surface area contributed by atoms with Gasteiger partial charge >= 0.3 is 12.0 Å². The Morgan fingerprint density at radius 2 is 2.05 bits per heavy atom. The molecule has 0 atom stereocenters. The molecule has 0 bridgehead atoms. The Hall–Kier alpha value is -2.12. The standard InChI is InChI=1S/C14H20N2O5/c1-10-11(13(18)19)4-3-5-12(10)15-14(20)16(6-8-17)7-9-21-2/h3-5,17H,6-9H2,1-2H3,(H,15,20)(H,18,19). The van der Waals surface area contributed by atoms with Gasteiger partial charge in [0.15, 0.2) is 0 Å². The van der Waals surface area contributed by atoms with E-state index in [0.717, 1.165) is 0 Å². The zero-order chi connectivity index (χ0) is 15.8. The number of ether oxygens (including phenoxy) is 1. The highest BCUT2D eigenvalue weighted by Crippen LogP contribution is 2.19. The number of nitrogens with one attached hydrogen (secondary N) is 1. The minimum absolute atomic E-state index is 0.137. The van der Waals surface area contributed by atoms with Gasteiger partial charge in [-0.05, 0) is 24.6 Å². The Bertz CT molecular complexity index is 504. The van der Waals surface area contributed by atoms with Crippen molar-refractivity contribution in [1.82, 2.24) is 4.90 Å². The van der Waals surface area contributed by atoms with Crippen LogP contribution in [-0.2, 0) is 4.74 Å².